The van der Waals surface area contributed by atoms with E-state index in [4.69, 9.17) is 0 Å². The number of guanidine groups is 1. The van der Waals surface area contributed by atoms with Crippen LogP contribution in [-0.2, 0) is 10.0 Å². The maximum Gasteiger partial charge on any atom is 0.511 e. The highest BCUT2D eigenvalue weighted by Gasteiger charge is 2.50. The van der Waals surface area contributed by atoms with Crippen molar-refractivity contribution >= 4 is 16.0 Å². The summed E-state index contributed by atoms with van der Waals surface area (Å²) in [7, 11) is 0.641. The van der Waals surface area contributed by atoms with Gasteiger partial charge in [-0.25, -0.2) is 8.42 Å². The van der Waals surface area contributed by atoms with Gasteiger partial charge < -0.3 is 15.5 Å². The Labute approximate surface area is 165 Å². The van der Waals surface area contributed by atoms with Crippen LogP contribution in [0.3, 0.4) is 0 Å². The van der Waals surface area contributed by atoms with E-state index in [1.807, 2.05) is 0 Å². The first-order chi connectivity index (χ1) is 13.0. The maximum atomic E-state index is 12.6. The van der Waals surface area contributed by atoms with Crippen LogP contribution in [0.5, 0.6) is 0 Å². The Balaban J connectivity index is 1.74. The van der Waals surface area contributed by atoms with E-state index in [9.17, 15) is 21.6 Å². The topological polar surface area (TPSA) is 80.3 Å². The van der Waals surface area contributed by atoms with Gasteiger partial charge in [-0.05, 0) is 32.9 Å². The van der Waals surface area contributed by atoms with Crippen LogP contribution in [0.2, 0.25) is 0 Å². The number of sulfonamides is 1. The number of nitrogens with one attached hydrogen (secondary N) is 2. The van der Waals surface area contributed by atoms with Crippen molar-refractivity contribution in [2.75, 3.05) is 67.0 Å². The molecule has 28 heavy (non-hydrogen) atoms. The van der Waals surface area contributed by atoms with Crippen LogP contribution in [0, 0.1) is 5.92 Å². The zero-order valence-corrected chi connectivity index (χ0v) is 17.5. The van der Waals surface area contributed by atoms with Gasteiger partial charge in [0, 0.05) is 58.9 Å². The van der Waals surface area contributed by atoms with Gasteiger partial charge in [-0.2, -0.15) is 17.5 Å². The van der Waals surface area contributed by atoms with Gasteiger partial charge in [-0.1, -0.05) is 0 Å². The normalized spacial score (nSPS) is 25.1. The molecular weight excluding hydrogens is 397 g/mol. The second-order valence-corrected chi connectivity index (χ2v) is 9.45. The van der Waals surface area contributed by atoms with Crippen molar-refractivity contribution in [1.29, 1.82) is 0 Å². The first-order valence-electron chi connectivity index (χ1n) is 9.44. The van der Waals surface area contributed by atoms with Gasteiger partial charge in [-0.3, -0.25) is 9.89 Å². The van der Waals surface area contributed by atoms with E-state index in [1.165, 1.54) is 0 Å². The predicted octanol–water partition coefficient (Wildman–Crippen LogP) is -0.0412. The third-order valence-electron chi connectivity index (χ3n) is 5.47. The minimum Gasteiger partial charge on any atom is -0.356 e. The van der Waals surface area contributed by atoms with E-state index in [2.05, 4.69) is 39.5 Å². The van der Waals surface area contributed by atoms with Crippen molar-refractivity contribution in [2.24, 2.45) is 10.9 Å². The highest BCUT2D eigenvalue weighted by molar-refractivity contribution is 7.90. The largest absolute Gasteiger partial charge is 0.511 e. The molecule has 0 amide bonds. The van der Waals surface area contributed by atoms with Gasteiger partial charge in [0.1, 0.15) is 0 Å². The molecule has 2 N–H and O–H groups in total. The molecule has 0 aliphatic carbocycles. The quantitative estimate of drug-likeness (QED) is 0.473. The molecule has 2 rings (SSSR count). The molecule has 2 aliphatic rings. The lowest BCUT2D eigenvalue weighted by Crippen LogP contribution is -2.55. The highest BCUT2D eigenvalue weighted by atomic mass is 32.2. The molecule has 8 nitrogen and oxygen atoms in total. The highest BCUT2D eigenvalue weighted by Crippen LogP contribution is 2.30. The molecule has 1 atom stereocenters. The predicted molar refractivity (Wildman–Crippen MR) is 103 cm³/mol. The second kappa shape index (κ2) is 9.59. The molecule has 12 heteroatoms. The van der Waals surface area contributed by atoms with E-state index >= 15 is 0 Å². The number of hydrogen-bond donors (Lipinski definition) is 2. The van der Waals surface area contributed by atoms with Crippen molar-refractivity contribution < 1.29 is 21.6 Å². The average molecular weight is 429 g/mol. The summed E-state index contributed by atoms with van der Waals surface area (Å²) in [4.78, 5) is 8.78. The van der Waals surface area contributed by atoms with Crippen LogP contribution in [0.25, 0.3) is 0 Å². The summed E-state index contributed by atoms with van der Waals surface area (Å²) >= 11 is 0. The average Bonchev–Trinajstić information content (AvgIpc) is 2.64. The molecule has 2 aliphatic heterocycles. The Morgan fingerprint density at radius 3 is 2.25 bits per heavy atom. The van der Waals surface area contributed by atoms with Gasteiger partial charge >= 0.3 is 15.5 Å². The Bertz CT molecular complexity index is 635. The number of hydrogen-bond acceptors (Lipinski definition) is 5. The third kappa shape index (κ3) is 5.94. The van der Waals surface area contributed by atoms with E-state index in [0.29, 0.717) is 35.7 Å². The molecule has 0 radical (unpaired) electrons. The van der Waals surface area contributed by atoms with E-state index < -0.39 is 15.5 Å². The number of nitrogens with zero attached hydrogens (tertiary/aromatic N) is 4. The molecule has 2 fully saturated rings. The Morgan fingerprint density at radius 2 is 1.68 bits per heavy atom. The Morgan fingerprint density at radius 1 is 1.07 bits per heavy atom. The van der Waals surface area contributed by atoms with Gasteiger partial charge in [0.05, 0.1) is 0 Å². The van der Waals surface area contributed by atoms with E-state index in [1.54, 1.807) is 7.05 Å². The first kappa shape index (κ1) is 23.2. The lowest BCUT2D eigenvalue weighted by atomic mass is 9.98. The number of halogens is 3. The van der Waals surface area contributed by atoms with Crippen molar-refractivity contribution in [3.63, 3.8) is 0 Å². The van der Waals surface area contributed by atoms with Crippen LogP contribution < -0.4 is 10.6 Å². The molecule has 2 saturated heterocycles. The van der Waals surface area contributed by atoms with Gasteiger partial charge in [0.15, 0.2) is 5.96 Å². The van der Waals surface area contributed by atoms with Crippen molar-refractivity contribution in [3.8, 4) is 0 Å². The molecule has 0 aromatic heterocycles. The lowest BCUT2D eigenvalue weighted by molar-refractivity contribution is -0.0496. The number of likely N-dealkylation sites (N-methyl/N-ethyl adjacent to an activating group) is 2. The van der Waals surface area contributed by atoms with Crippen LogP contribution in [0.4, 0.5) is 13.2 Å². The fourth-order valence-corrected chi connectivity index (χ4v) is 4.48. The fourth-order valence-electron chi connectivity index (χ4n) is 3.50. The smallest absolute Gasteiger partial charge is 0.356 e. The van der Waals surface area contributed by atoms with Crippen LogP contribution in [0.15, 0.2) is 4.99 Å². The summed E-state index contributed by atoms with van der Waals surface area (Å²) in [6.07, 6.45) is 0.769. The number of alkyl halides is 3. The summed E-state index contributed by atoms with van der Waals surface area (Å²) in [6, 6.07) is 0.369. The molecular formula is C16H31F3N6O2S. The summed E-state index contributed by atoms with van der Waals surface area (Å²) in [5.41, 5.74) is -5.23. The van der Waals surface area contributed by atoms with Crippen LogP contribution in [-0.4, -0.2) is 107 Å². The third-order valence-corrected chi connectivity index (χ3v) is 7.10. The molecule has 0 bridgehead atoms. The fraction of sp³-hybridized carbons (Fsp3) is 0.938. The van der Waals surface area contributed by atoms with Gasteiger partial charge in [-0.15, -0.1) is 0 Å². The molecule has 164 valence electrons. The van der Waals surface area contributed by atoms with Crippen LogP contribution >= 0.6 is 0 Å². The Kier molecular flexibility index (Phi) is 7.94. The van der Waals surface area contributed by atoms with Gasteiger partial charge in [0.2, 0.25) is 0 Å². The summed E-state index contributed by atoms with van der Waals surface area (Å²) in [5.74, 6) is 0.744. The number of rotatable bonds is 5. The first-order valence-corrected chi connectivity index (χ1v) is 10.9. The summed E-state index contributed by atoms with van der Waals surface area (Å²) < 4.78 is 61.4. The van der Waals surface area contributed by atoms with Crippen molar-refractivity contribution in [2.45, 2.75) is 24.4 Å². The maximum absolute atomic E-state index is 12.6. The van der Waals surface area contributed by atoms with Gasteiger partial charge in [0.25, 0.3) is 0 Å². The molecule has 0 aromatic carbocycles. The number of aliphatic imine (C=N–C) groups is 1. The summed E-state index contributed by atoms with van der Waals surface area (Å²) in [6.45, 7) is 4.07. The minimum atomic E-state index is -5.23. The van der Waals surface area contributed by atoms with E-state index in [-0.39, 0.29) is 19.0 Å². The van der Waals surface area contributed by atoms with Crippen molar-refractivity contribution in [1.82, 2.24) is 24.7 Å². The standard InChI is InChI=1S/C16H31F3N6O2S/c1-20-15(22-11-14-12-23(2)8-9-24(14)3)21-10-13-4-6-25(7-5-13)28(26,27)16(17,18)19/h13-14H,4-12H2,1-3H3,(H2,20,21,22). The SMILES string of the molecule is CN=C(NCC1CCN(S(=O)(=O)C(F)(F)F)CC1)NCC1CN(C)CCN1C. The molecule has 0 aromatic rings. The number of piperazine rings is 1. The van der Waals surface area contributed by atoms with Crippen molar-refractivity contribution in [3.05, 3.63) is 0 Å². The molecule has 1 unspecified atom stereocenters. The molecule has 2 heterocycles. The molecule has 0 saturated carbocycles. The molecule has 0 spiro atoms. The number of piperidine rings is 1. The zero-order valence-electron chi connectivity index (χ0n) is 16.7. The monoisotopic (exact) mass is 428 g/mol. The zero-order chi connectivity index (χ0) is 20.9. The Hall–Kier alpha value is -1.11. The van der Waals surface area contributed by atoms with E-state index in [0.717, 1.165) is 26.2 Å². The minimum absolute atomic E-state index is 0.0988. The summed E-state index contributed by atoms with van der Waals surface area (Å²) in [5, 5.41) is 6.50. The van der Waals surface area contributed by atoms with Crippen LogP contribution in [0.1, 0.15) is 12.8 Å². The lowest BCUT2D eigenvalue weighted by Gasteiger charge is -2.38. The second-order valence-electron chi connectivity index (χ2n) is 7.52.